The highest BCUT2D eigenvalue weighted by Gasteiger charge is 2.11. The topological polar surface area (TPSA) is 57.8 Å². The van der Waals surface area contributed by atoms with E-state index < -0.39 is 0 Å². The summed E-state index contributed by atoms with van der Waals surface area (Å²) >= 11 is 3.17. The Hall–Kier alpha value is -2.18. The highest BCUT2D eigenvalue weighted by atomic mass is 32.1. The van der Waals surface area contributed by atoms with Gasteiger partial charge in [0.25, 0.3) is 5.91 Å². The van der Waals surface area contributed by atoms with Gasteiger partial charge in [-0.3, -0.25) is 4.79 Å². The van der Waals surface area contributed by atoms with Crippen LogP contribution in [0.4, 0.5) is 0 Å². The van der Waals surface area contributed by atoms with Crippen molar-refractivity contribution in [2.24, 2.45) is 0 Å². The first-order chi connectivity index (χ1) is 10.3. The van der Waals surface area contributed by atoms with E-state index in [1.165, 1.54) is 11.3 Å². The molecule has 0 saturated heterocycles. The van der Waals surface area contributed by atoms with Crippen molar-refractivity contribution < 1.29 is 4.79 Å². The average Bonchev–Trinajstić information content (AvgIpc) is 3.17. The number of nitrogens with zero attached hydrogens (tertiary/aromatic N) is 1. The van der Waals surface area contributed by atoms with E-state index in [1.807, 2.05) is 41.8 Å². The van der Waals surface area contributed by atoms with Crippen LogP contribution >= 0.6 is 22.7 Å². The molecule has 0 fully saturated rings. The van der Waals surface area contributed by atoms with Crippen LogP contribution in [0.2, 0.25) is 0 Å². The zero-order valence-corrected chi connectivity index (χ0v) is 12.6. The lowest BCUT2D eigenvalue weighted by atomic mass is 10.3. The van der Waals surface area contributed by atoms with E-state index in [2.05, 4.69) is 15.3 Å². The van der Waals surface area contributed by atoms with Gasteiger partial charge in [0, 0.05) is 9.40 Å². The Morgan fingerprint density at radius 1 is 1.24 bits per heavy atom. The van der Waals surface area contributed by atoms with Crippen molar-refractivity contribution in [3.8, 4) is 0 Å². The number of hydrogen-bond donors (Lipinski definition) is 2. The summed E-state index contributed by atoms with van der Waals surface area (Å²) in [4.78, 5) is 20.6. The zero-order chi connectivity index (χ0) is 14.2. The molecule has 0 bridgehead atoms. The molecule has 1 aromatic carbocycles. The van der Waals surface area contributed by atoms with E-state index in [9.17, 15) is 4.79 Å². The second-order valence-electron chi connectivity index (χ2n) is 4.64. The molecule has 0 aliphatic heterocycles. The summed E-state index contributed by atoms with van der Waals surface area (Å²) < 4.78 is 2.32. The summed E-state index contributed by atoms with van der Waals surface area (Å²) in [5.41, 5.74) is 1.90. The van der Waals surface area contributed by atoms with Crippen LogP contribution in [0.25, 0.3) is 20.4 Å². The van der Waals surface area contributed by atoms with Crippen LogP contribution in [0.3, 0.4) is 0 Å². The van der Waals surface area contributed by atoms with Crippen molar-refractivity contribution in [2.75, 3.05) is 0 Å². The van der Waals surface area contributed by atoms with Crippen LogP contribution in [0.5, 0.6) is 0 Å². The van der Waals surface area contributed by atoms with Crippen LogP contribution in [0, 0.1) is 0 Å². The second kappa shape index (κ2) is 4.98. The predicted octanol–water partition coefficient (Wildman–Crippen LogP) is 3.77. The monoisotopic (exact) mass is 313 g/mol. The Labute approximate surface area is 128 Å². The van der Waals surface area contributed by atoms with Gasteiger partial charge in [0.15, 0.2) is 0 Å². The fraction of sp³-hybridized carbons (Fsp3) is 0.0667. The molecule has 0 radical (unpaired) electrons. The molecular weight excluding hydrogens is 302 g/mol. The molecule has 0 saturated carbocycles. The van der Waals surface area contributed by atoms with Gasteiger partial charge in [-0.15, -0.1) is 22.7 Å². The number of benzene rings is 1. The molecule has 1 amide bonds. The zero-order valence-electron chi connectivity index (χ0n) is 10.9. The summed E-state index contributed by atoms with van der Waals surface area (Å²) in [7, 11) is 0. The molecule has 21 heavy (non-hydrogen) atoms. The summed E-state index contributed by atoms with van der Waals surface area (Å²) in [5.74, 6) is 0.715. The van der Waals surface area contributed by atoms with Crippen molar-refractivity contribution in [1.82, 2.24) is 15.3 Å². The summed E-state index contributed by atoms with van der Waals surface area (Å²) in [6.45, 7) is 0.402. The van der Waals surface area contributed by atoms with Gasteiger partial charge in [-0.1, -0.05) is 12.1 Å². The van der Waals surface area contributed by atoms with Crippen molar-refractivity contribution in [3.63, 3.8) is 0 Å². The van der Waals surface area contributed by atoms with Gasteiger partial charge in [0.05, 0.1) is 22.5 Å². The molecule has 0 aliphatic carbocycles. The van der Waals surface area contributed by atoms with E-state index in [0.717, 1.165) is 31.1 Å². The molecule has 0 aliphatic rings. The number of hydrogen-bond acceptors (Lipinski definition) is 4. The average molecular weight is 313 g/mol. The number of carbonyl (C=O) groups is 1. The van der Waals surface area contributed by atoms with Crippen molar-refractivity contribution in [2.45, 2.75) is 6.54 Å². The van der Waals surface area contributed by atoms with Crippen LogP contribution in [0.1, 0.15) is 15.5 Å². The lowest BCUT2D eigenvalue weighted by Gasteiger charge is -2.00. The molecule has 0 unspecified atom stereocenters. The lowest BCUT2D eigenvalue weighted by Crippen LogP contribution is -2.22. The maximum Gasteiger partial charge on any atom is 0.261 e. The standard InChI is InChI=1S/C15H11N3OS2/c19-15(13-7-12-11(21-13)5-6-20-12)16-8-14-17-9-3-1-2-4-10(9)18-14/h1-7H,8H2,(H,16,19)(H,17,18). The van der Waals surface area contributed by atoms with Gasteiger partial charge in [-0.25, -0.2) is 4.98 Å². The molecule has 0 atom stereocenters. The number of nitrogens with one attached hydrogen (secondary N) is 2. The Bertz CT molecular complexity index is 873. The van der Waals surface area contributed by atoms with Crippen molar-refractivity contribution in [1.29, 1.82) is 0 Å². The summed E-state index contributed by atoms with van der Waals surface area (Å²) in [6.07, 6.45) is 0. The van der Waals surface area contributed by atoms with Crippen LogP contribution in [0.15, 0.2) is 41.8 Å². The Kier molecular flexibility index (Phi) is 2.98. The van der Waals surface area contributed by atoms with Gasteiger partial charge >= 0.3 is 0 Å². The molecular formula is C15H11N3OS2. The first kappa shape index (κ1) is 12.6. The highest BCUT2D eigenvalue weighted by Crippen LogP contribution is 2.29. The first-order valence-electron chi connectivity index (χ1n) is 6.48. The Morgan fingerprint density at radius 2 is 2.14 bits per heavy atom. The van der Waals surface area contributed by atoms with Crippen LogP contribution < -0.4 is 5.32 Å². The minimum atomic E-state index is -0.0520. The van der Waals surface area contributed by atoms with E-state index >= 15 is 0 Å². The Balaban J connectivity index is 1.50. The number of para-hydroxylation sites is 2. The fourth-order valence-corrected chi connectivity index (χ4v) is 4.24. The van der Waals surface area contributed by atoms with E-state index in [-0.39, 0.29) is 5.91 Å². The molecule has 3 aromatic heterocycles. The maximum atomic E-state index is 12.2. The number of fused-ring (bicyclic) bond motifs is 2. The van der Waals surface area contributed by atoms with E-state index in [4.69, 9.17) is 0 Å². The fourth-order valence-electron chi connectivity index (χ4n) is 2.22. The van der Waals surface area contributed by atoms with Gasteiger partial charge in [0.2, 0.25) is 0 Å². The van der Waals surface area contributed by atoms with Crippen LogP contribution in [-0.4, -0.2) is 15.9 Å². The number of rotatable bonds is 3. The molecule has 4 nitrogen and oxygen atoms in total. The number of H-pyrrole nitrogens is 1. The van der Waals surface area contributed by atoms with Crippen LogP contribution in [-0.2, 0) is 6.54 Å². The molecule has 4 aromatic rings. The lowest BCUT2D eigenvalue weighted by molar-refractivity contribution is 0.0954. The third kappa shape index (κ3) is 2.32. The minimum Gasteiger partial charge on any atom is -0.344 e. The van der Waals surface area contributed by atoms with E-state index in [1.54, 1.807) is 11.3 Å². The molecule has 4 rings (SSSR count). The number of amides is 1. The number of aromatic amines is 1. The van der Waals surface area contributed by atoms with Crippen molar-refractivity contribution in [3.05, 3.63) is 52.5 Å². The summed E-state index contributed by atoms with van der Waals surface area (Å²) in [5, 5.41) is 4.95. The smallest absolute Gasteiger partial charge is 0.261 e. The minimum absolute atomic E-state index is 0.0520. The van der Waals surface area contributed by atoms with Gasteiger partial charge in [-0.05, 0) is 29.6 Å². The second-order valence-corrected chi connectivity index (χ2v) is 6.67. The van der Waals surface area contributed by atoms with E-state index in [0.29, 0.717) is 6.54 Å². The first-order valence-corrected chi connectivity index (χ1v) is 8.18. The van der Waals surface area contributed by atoms with Gasteiger partial charge in [-0.2, -0.15) is 0 Å². The highest BCUT2D eigenvalue weighted by molar-refractivity contribution is 7.27. The van der Waals surface area contributed by atoms with Gasteiger partial charge < -0.3 is 10.3 Å². The third-order valence-corrected chi connectivity index (χ3v) is 5.31. The summed E-state index contributed by atoms with van der Waals surface area (Å²) in [6, 6.07) is 11.8. The quantitative estimate of drug-likeness (QED) is 0.605. The molecule has 0 spiro atoms. The molecule has 104 valence electrons. The molecule has 6 heteroatoms. The predicted molar refractivity (Wildman–Crippen MR) is 87.0 cm³/mol. The normalized spacial score (nSPS) is 11.2. The number of aromatic nitrogens is 2. The number of carbonyl (C=O) groups excluding carboxylic acids is 1. The number of imidazole rings is 1. The molecule has 3 heterocycles. The van der Waals surface area contributed by atoms with Gasteiger partial charge in [0.1, 0.15) is 5.82 Å². The van der Waals surface area contributed by atoms with Crippen molar-refractivity contribution >= 4 is 49.0 Å². The third-order valence-electron chi connectivity index (χ3n) is 3.22. The number of thiophene rings is 2. The Morgan fingerprint density at radius 3 is 3.00 bits per heavy atom. The SMILES string of the molecule is O=C(NCc1nc2ccccc2[nH]1)c1cc2sccc2s1. The maximum absolute atomic E-state index is 12.2. The molecule has 2 N–H and O–H groups in total. The largest absolute Gasteiger partial charge is 0.344 e.